The summed E-state index contributed by atoms with van der Waals surface area (Å²) >= 11 is 9.50. The molecule has 1 N–H and O–H groups in total. The first kappa shape index (κ1) is 21.3. The van der Waals surface area contributed by atoms with Crippen LogP contribution in [0, 0.1) is 5.92 Å². The van der Waals surface area contributed by atoms with Crippen LogP contribution in [0.25, 0.3) is 0 Å². The number of nitrogens with one attached hydrogen (secondary N) is 1. The minimum Gasteiger partial charge on any atom is -0.381 e. The molecular weight excluding hydrogens is 468 g/mol. The van der Waals surface area contributed by atoms with Gasteiger partial charge in [-0.25, -0.2) is 0 Å². The summed E-state index contributed by atoms with van der Waals surface area (Å²) in [7, 11) is 0. The largest absolute Gasteiger partial charge is 0.381 e. The lowest BCUT2D eigenvalue weighted by Crippen LogP contribution is -2.46. The van der Waals surface area contributed by atoms with Crippen molar-refractivity contribution in [2.45, 2.75) is 24.7 Å². The molecule has 7 heteroatoms. The van der Waals surface area contributed by atoms with Gasteiger partial charge in [-0.1, -0.05) is 45.7 Å². The van der Waals surface area contributed by atoms with Crippen LogP contribution in [0.2, 0.25) is 5.02 Å². The highest BCUT2D eigenvalue weighted by Gasteiger charge is 2.38. The van der Waals surface area contributed by atoms with E-state index < -0.39 is 0 Å². The van der Waals surface area contributed by atoms with Gasteiger partial charge in [-0.3, -0.25) is 9.59 Å². The summed E-state index contributed by atoms with van der Waals surface area (Å²) in [6.45, 7) is 2.25. The minimum atomic E-state index is -0.349. The summed E-state index contributed by atoms with van der Waals surface area (Å²) < 4.78 is 6.48. The SMILES string of the molecule is O=C(NCC1(c2ccc(Cl)cc2)CCOCC1)C1CC(=O)N(c2cccc(Br)c2)C1. The molecule has 5 nitrogen and oxygen atoms in total. The van der Waals surface area contributed by atoms with Crippen LogP contribution in [-0.2, 0) is 19.7 Å². The zero-order chi connectivity index (χ0) is 21.1. The van der Waals surface area contributed by atoms with Crippen LogP contribution in [0.3, 0.4) is 0 Å². The normalized spacial score (nSPS) is 20.9. The molecule has 30 heavy (non-hydrogen) atoms. The number of carbonyl (C=O) groups is 2. The highest BCUT2D eigenvalue weighted by Crippen LogP contribution is 2.35. The summed E-state index contributed by atoms with van der Waals surface area (Å²) in [4.78, 5) is 27.2. The lowest BCUT2D eigenvalue weighted by atomic mass is 9.74. The molecule has 1 unspecified atom stereocenters. The molecular formula is C23H24BrClN2O3. The molecule has 0 aliphatic carbocycles. The van der Waals surface area contributed by atoms with Gasteiger partial charge in [-0.15, -0.1) is 0 Å². The molecule has 2 aliphatic rings. The predicted octanol–water partition coefficient (Wildman–Crippen LogP) is 4.32. The maximum Gasteiger partial charge on any atom is 0.227 e. The third-order valence-electron chi connectivity index (χ3n) is 6.12. The molecule has 2 fully saturated rings. The quantitative estimate of drug-likeness (QED) is 0.678. The molecule has 0 spiro atoms. The molecule has 2 aromatic rings. The Kier molecular flexibility index (Phi) is 6.46. The molecule has 0 bridgehead atoms. The number of ether oxygens (including phenoxy) is 1. The predicted molar refractivity (Wildman–Crippen MR) is 121 cm³/mol. The average Bonchev–Trinajstić information content (AvgIpc) is 3.15. The van der Waals surface area contributed by atoms with Crippen LogP contribution in [0.1, 0.15) is 24.8 Å². The summed E-state index contributed by atoms with van der Waals surface area (Å²) in [5, 5.41) is 3.83. The summed E-state index contributed by atoms with van der Waals surface area (Å²) in [5.74, 6) is -0.439. The standard InChI is InChI=1S/C23H24BrClN2O3/c24-18-2-1-3-20(13-18)27-14-16(12-21(27)28)22(29)26-15-23(8-10-30-11-9-23)17-4-6-19(25)7-5-17/h1-7,13,16H,8-12,14-15H2,(H,26,29). The fraction of sp³-hybridized carbons (Fsp3) is 0.391. The van der Waals surface area contributed by atoms with Crippen molar-refractivity contribution >= 4 is 45.0 Å². The van der Waals surface area contributed by atoms with Gasteiger partial charge in [0.1, 0.15) is 0 Å². The maximum atomic E-state index is 13.0. The van der Waals surface area contributed by atoms with Crippen LogP contribution in [-0.4, -0.2) is 38.1 Å². The van der Waals surface area contributed by atoms with Crippen LogP contribution in [0.4, 0.5) is 5.69 Å². The fourth-order valence-electron chi connectivity index (χ4n) is 4.31. The Morgan fingerprint density at radius 3 is 2.63 bits per heavy atom. The molecule has 2 saturated heterocycles. The van der Waals surface area contributed by atoms with Gasteiger partial charge in [0, 0.05) is 53.3 Å². The number of hydrogen-bond acceptors (Lipinski definition) is 3. The number of anilines is 1. The van der Waals surface area contributed by atoms with Crippen molar-refractivity contribution in [1.29, 1.82) is 0 Å². The van der Waals surface area contributed by atoms with E-state index >= 15 is 0 Å². The van der Waals surface area contributed by atoms with Gasteiger partial charge in [0.25, 0.3) is 0 Å². The Labute approximate surface area is 189 Å². The van der Waals surface area contributed by atoms with Crippen LogP contribution in [0.15, 0.2) is 53.0 Å². The Morgan fingerprint density at radius 1 is 1.20 bits per heavy atom. The van der Waals surface area contributed by atoms with E-state index in [9.17, 15) is 9.59 Å². The highest BCUT2D eigenvalue weighted by atomic mass is 79.9. The Morgan fingerprint density at radius 2 is 1.93 bits per heavy atom. The Hall–Kier alpha value is -1.89. The maximum absolute atomic E-state index is 13.0. The molecule has 0 saturated carbocycles. The van der Waals surface area contributed by atoms with Crippen molar-refractivity contribution in [2.24, 2.45) is 5.92 Å². The zero-order valence-corrected chi connectivity index (χ0v) is 18.9. The van der Waals surface area contributed by atoms with Crippen molar-refractivity contribution in [3.05, 3.63) is 63.6 Å². The Bertz CT molecular complexity index is 928. The van der Waals surface area contributed by atoms with Crippen LogP contribution < -0.4 is 10.2 Å². The third-order valence-corrected chi connectivity index (χ3v) is 6.87. The first-order valence-corrected chi connectivity index (χ1v) is 11.3. The van der Waals surface area contributed by atoms with Crippen molar-refractivity contribution in [2.75, 3.05) is 31.2 Å². The van der Waals surface area contributed by atoms with Gasteiger partial charge in [-0.2, -0.15) is 0 Å². The zero-order valence-electron chi connectivity index (χ0n) is 16.6. The van der Waals surface area contributed by atoms with Crippen LogP contribution in [0.5, 0.6) is 0 Å². The lowest BCUT2D eigenvalue weighted by Gasteiger charge is -2.38. The van der Waals surface area contributed by atoms with Crippen molar-refractivity contribution in [3.63, 3.8) is 0 Å². The van der Waals surface area contributed by atoms with E-state index in [1.54, 1.807) is 4.90 Å². The van der Waals surface area contributed by atoms with E-state index in [1.165, 1.54) is 0 Å². The fourth-order valence-corrected chi connectivity index (χ4v) is 4.82. The smallest absolute Gasteiger partial charge is 0.227 e. The molecule has 0 radical (unpaired) electrons. The molecule has 0 aromatic heterocycles. The molecule has 2 amide bonds. The number of nitrogens with zero attached hydrogens (tertiary/aromatic N) is 1. The topological polar surface area (TPSA) is 58.6 Å². The second-order valence-corrected chi connectivity index (χ2v) is 9.35. The van der Waals surface area contributed by atoms with Gasteiger partial charge in [0.2, 0.25) is 11.8 Å². The number of carbonyl (C=O) groups excluding carboxylic acids is 2. The van der Waals surface area contributed by atoms with Crippen molar-refractivity contribution in [3.8, 4) is 0 Å². The number of halogens is 2. The second kappa shape index (κ2) is 9.08. The molecule has 4 rings (SSSR count). The first-order valence-electron chi connectivity index (χ1n) is 10.1. The van der Waals surface area contributed by atoms with Gasteiger partial charge < -0.3 is 15.0 Å². The van der Waals surface area contributed by atoms with Gasteiger partial charge in [0.05, 0.1) is 5.92 Å². The summed E-state index contributed by atoms with van der Waals surface area (Å²) in [6, 6.07) is 15.4. The molecule has 1 atom stereocenters. The Balaban J connectivity index is 1.44. The highest BCUT2D eigenvalue weighted by molar-refractivity contribution is 9.10. The van der Waals surface area contributed by atoms with Crippen molar-refractivity contribution in [1.82, 2.24) is 5.32 Å². The molecule has 158 valence electrons. The number of benzene rings is 2. The molecule has 2 heterocycles. The average molecular weight is 492 g/mol. The number of amides is 2. The lowest BCUT2D eigenvalue weighted by molar-refractivity contribution is -0.126. The van der Waals surface area contributed by atoms with Gasteiger partial charge in [0.15, 0.2) is 0 Å². The van der Waals surface area contributed by atoms with Crippen LogP contribution >= 0.6 is 27.5 Å². The molecule has 2 aliphatic heterocycles. The monoisotopic (exact) mass is 490 g/mol. The number of rotatable bonds is 5. The second-order valence-electron chi connectivity index (χ2n) is 8.00. The van der Waals surface area contributed by atoms with Crippen molar-refractivity contribution < 1.29 is 14.3 Å². The minimum absolute atomic E-state index is 0.0215. The molecule has 2 aromatic carbocycles. The van der Waals surface area contributed by atoms with E-state index in [1.807, 2.05) is 48.5 Å². The summed E-state index contributed by atoms with van der Waals surface area (Å²) in [6.07, 6.45) is 1.90. The van der Waals surface area contributed by atoms with Gasteiger partial charge >= 0.3 is 0 Å². The summed E-state index contributed by atoms with van der Waals surface area (Å²) in [5.41, 5.74) is 1.80. The van der Waals surface area contributed by atoms with E-state index in [0.29, 0.717) is 31.3 Å². The van der Waals surface area contributed by atoms with E-state index in [0.717, 1.165) is 28.6 Å². The number of hydrogen-bond donors (Lipinski definition) is 1. The van der Waals surface area contributed by atoms with E-state index in [4.69, 9.17) is 16.3 Å². The van der Waals surface area contributed by atoms with E-state index in [2.05, 4.69) is 21.2 Å². The van der Waals surface area contributed by atoms with Gasteiger partial charge in [-0.05, 0) is 48.7 Å². The third kappa shape index (κ3) is 4.56. The van der Waals surface area contributed by atoms with E-state index in [-0.39, 0.29) is 29.6 Å². The first-order chi connectivity index (χ1) is 14.5.